The van der Waals surface area contributed by atoms with Gasteiger partial charge < -0.3 is 33.3 Å². The molecule has 432 valence electrons. The van der Waals surface area contributed by atoms with Crippen LogP contribution in [0.5, 0.6) is 0 Å². The highest BCUT2D eigenvalue weighted by Gasteiger charge is 2.22. The van der Waals surface area contributed by atoms with E-state index in [0.717, 1.165) is 109 Å². The molecule has 0 aromatic heterocycles. The van der Waals surface area contributed by atoms with Crippen molar-refractivity contribution in [3.63, 3.8) is 0 Å². The molecule has 0 spiro atoms. The molecular formula is C67H111NO8. The fourth-order valence-corrected chi connectivity index (χ4v) is 7.86. The second-order valence-corrected chi connectivity index (χ2v) is 20.9. The number of esters is 2. The lowest BCUT2D eigenvalue weighted by atomic mass is 10.0. The summed E-state index contributed by atoms with van der Waals surface area (Å²) in [4.78, 5) is 37.3. The van der Waals surface area contributed by atoms with Crippen LogP contribution in [-0.2, 0) is 33.3 Å². The Morgan fingerprint density at radius 2 is 0.750 bits per heavy atom. The molecule has 0 radical (unpaired) electrons. The van der Waals surface area contributed by atoms with E-state index in [1.807, 2.05) is 21.1 Å². The normalized spacial score (nSPS) is 13.6. The van der Waals surface area contributed by atoms with Crippen molar-refractivity contribution < 1.29 is 42.9 Å². The number of carboxylic acids is 1. The third-order valence-corrected chi connectivity index (χ3v) is 12.5. The number of aliphatic carboxylic acids is 1. The Hall–Kier alpha value is -4.31. The maximum atomic E-state index is 12.9. The van der Waals surface area contributed by atoms with E-state index in [-0.39, 0.29) is 38.6 Å². The summed E-state index contributed by atoms with van der Waals surface area (Å²) in [6.07, 6.45) is 76.8. The van der Waals surface area contributed by atoms with Crippen LogP contribution in [0.2, 0.25) is 0 Å². The average molecular weight is 1060 g/mol. The van der Waals surface area contributed by atoms with Gasteiger partial charge in [-0.05, 0) is 89.9 Å². The predicted octanol–water partition coefficient (Wildman–Crippen LogP) is 16.7. The Morgan fingerprint density at radius 3 is 1.12 bits per heavy atom. The molecule has 0 aliphatic heterocycles. The van der Waals surface area contributed by atoms with Crippen LogP contribution in [0.1, 0.15) is 226 Å². The van der Waals surface area contributed by atoms with Gasteiger partial charge in [-0.15, -0.1) is 0 Å². The molecule has 9 heteroatoms. The van der Waals surface area contributed by atoms with Crippen LogP contribution in [-0.4, -0.2) is 82.3 Å². The van der Waals surface area contributed by atoms with Crippen LogP contribution in [0, 0.1) is 0 Å². The third-order valence-electron chi connectivity index (χ3n) is 12.5. The first kappa shape index (κ1) is 71.7. The molecule has 0 saturated carbocycles. The van der Waals surface area contributed by atoms with Gasteiger partial charge in [-0.25, -0.2) is 0 Å². The molecular weight excluding hydrogens is 947 g/mol. The maximum absolute atomic E-state index is 12.9. The molecule has 9 nitrogen and oxygen atoms in total. The minimum absolute atomic E-state index is 0.137. The van der Waals surface area contributed by atoms with Crippen LogP contribution in [0.15, 0.2) is 122 Å². The van der Waals surface area contributed by atoms with E-state index >= 15 is 0 Å². The fourth-order valence-electron chi connectivity index (χ4n) is 7.86. The molecule has 0 N–H and O–H groups in total. The number of ether oxygens (including phenoxy) is 4. The molecule has 2 atom stereocenters. The number of carboxylic acid groups (broad SMARTS) is 1. The van der Waals surface area contributed by atoms with Gasteiger partial charge in [0.15, 0.2) is 12.4 Å². The van der Waals surface area contributed by atoms with Crippen molar-refractivity contribution in [1.29, 1.82) is 0 Å². The first-order valence-corrected chi connectivity index (χ1v) is 30.2. The molecule has 0 aliphatic carbocycles. The second kappa shape index (κ2) is 56.9. The van der Waals surface area contributed by atoms with Crippen molar-refractivity contribution in [2.45, 2.75) is 238 Å². The van der Waals surface area contributed by atoms with Crippen molar-refractivity contribution in [3.05, 3.63) is 122 Å². The Bertz CT molecular complexity index is 1660. The maximum Gasteiger partial charge on any atom is 0.306 e. The number of allylic oxidation sites excluding steroid dienone is 20. The first-order chi connectivity index (χ1) is 37.1. The lowest BCUT2D eigenvalue weighted by Crippen LogP contribution is -2.44. The summed E-state index contributed by atoms with van der Waals surface area (Å²) < 4.78 is 22.7. The van der Waals surface area contributed by atoms with E-state index < -0.39 is 24.3 Å². The van der Waals surface area contributed by atoms with Gasteiger partial charge in [0.25, 0.3) is 0 Å². The zero-order valence-corrected chi connectivity index (χ0v) is 49.1. The van der Waals surface area contributed by atoms with Crippen LogP contribution in [0.25, 0.3) is 0 Å². The van der Waals surface area contributed by atoms with E-state index in [0.29, 0.717) is 17.4 Å². The Labute approximate surface area is 466 Å². The van der Waals surface area contributed by atoms with Gasteiger partial charge in [-0.3, -0.25) is 9.59 Å². The number of unbranched alkanes of at least 4 members (excludes halogenated alkanes) is 19. The molecule has 0 bridgehead atoms. The van der Waals surface area contributed by atoms with Crippen molar-refractivity contribution >= 4 is 17.9 Å². The third kappa shape index (κ3) is 57.4. The number of likely N-dealkylation sites (N-methyl/N-ethyl adjacent to an activating group) is 1. The fraction of sp³-hybridized carbons (Fsp3) is 0.657. The van der Waals surface area contributed by atoms with Crippen molar-refractivity contribution in [2.75, 3.05) is 47.5 Å². The highest BCUT2D eigenvalue weighted by atomic mass is 16.7. The van der Waals surface area contributed by atoms with E-state index in [4.69, 9.17) is 18.9 Å². The summed E-state index contributed by atoms with van der Waals surface area (Å²) in [6, 6.07) is 0. The molecule has 2 unspecified atom stereocenters. The molecule has 76 heavy (non-hydrogen) atoms. The minimum atomic E-state index is -1.63. The monoisotopic (exact) mass is 1060 g/mol. The lowest BCUT2D eigenvalue weighted by Gasteiger charge is -2.26. The molecule has 0 heterocycles. The summed E-state index contributed by atoms with van der Waals surface area (Å²) in [5, 5.41) is 11.8. The zero-order valence-electron chi connectivity index (χ0n) is 49.1. The molecule has 0 aromatic rings. The van der Waals surface area contributed by atoms with Crippen LogP contribution in [0.3, 0.4) is 0 Å². The van der Waals surface area contributed by atoms with Crippen molar-refractivity contribution in [3.8, 4) is 0 Å². The average Bonchev–Trinajstić information content (AvgIpc) is 3.39. The zero-order chi connectivity index (χ0) is 55.5. The van der Waals surface area contributed by atoms with Crippen LogP contribution >= 0.6 is 0 Å². The predicted molar refractivity (Wildman–Crippen MR) is 320 cm³/mol. The molecule has 0 aromatic carbocycles. The number of carbonyl (C=O) groups is 3. The van der Waals surface area contributed by atoms with E-state index in [1.165, 1.54) is 83.5 Å². The largest absolute Gasteiger partial charge is 0.545 e. The number of nitrogens with zero attached hydrogens (tertiary/aromatic N) is 1. The topological polar surface area (TPSA) is 111 Å². The lowest BCUT2D eigenvalue weighted by molar-refractivity contribution is -0.870. The summed E-state index contributed by atoms with van der Waals surface area (Å²) in [5.41, 5.74) is 0. The first-order valence-electron chi connectivity index (χ1n) is 30.2. The summed E-state index contributed by atoms with van der Waals surface area (Å²) in [7, 11) is 5.90. The highest BCUT2D eigenvalue weighted by Crippen LogP contribution is 2.15. The Morgan fingerprint density at radius 1 is 0.408 bits per heavy atom. The number of rotatable bonds is 54. The quantitative estimate of drug-likeness (QED) is 0.0195. The van der Waals surface area contributed by atoms with Crippen LogP contribution < -0.4 is 5.11 Å². The number of quaternary nitrogens is 1. The van der Waals surface area contributed by atoms with E-state index in [2.05, 4.69) is 135 Å². The van der Waals surface area contributed by atoms with Crippen LogP contribution in [0.4, 0.5) is 0 Å². The molecule has 0 rings (SSSR count). The van der Waals surface area contributed by atoms with Crippen molar-refractivity contribution in [2.24, 2.45) is 0 Å². The SMILES string of the molecule is CC/C=C\C/C=C\C/C=C\C/C=C\C/C=C\C/C=C\C/C=C\C/C=C\C/C=C\C/C=C\CCCCCCC(=O)OC(COC(=O)CCCCCCCCCCCCCCCCCC)COC(OCC[N+](C)(C)C)C(=O)[O-]. The Kier molecular flexibility index (Phi) is 53.7. The summed E-state index contributed by atoms with van der Waals surface area (Å²) in [5.74, 6) is -2.32. The molecule has 0 aliphatic rings. The minimum Gasteiger partial charge on any atom is -0.545 e. The number of hydrogen-bond acceptors (Lipinski definition) is 8. The second-order valence-electron chi connectivity index (χ2n) is 20.9. The standard InChI is InChI=1S/C67H111NO8/c1-6-8-10-12-14-16-18-20-22-24-25-26-27-28-29-30-31-32-33-34-35-36-37-38-39-40-41-42-44-46-48-50-52-54-56-58-65(70)76-63(62-75-67(66(71)72)73-60-59-68(3,4)5)61-74-64(69)57-55-53-51-49-47-45-43-23-21-19-17-15-13-11-9-7-2/h8,10,14,16,20,22,25-26,28-29,31-32,34-35,37-38,40-41,44,46,63,67H,6-7,9,11-13,15,17-19,21,23-24,27,30,33,36,39,42-43,45,47-62H2,1-5H3/b10-8-,16-14-,22-20-,26-25-,29-28-,32-31-,35-34-,38-37-,41-40-,46-44-. The van der Waals surface area contributed by atoms with Gasteiger partial charge in [0.1, 0.15) is 13.2 Å². The molecule has 0 amide bonds. The highest BCUT2D eigenvalue weighted by molar-refractivity contribution is 5.70. The van der Waals surface area contributed by atoms with Gasteiger partial charge >= 0.3 is 11.9 Å². The van der Waals surface area contributed by atoms with Gasteiger partial charge in [0.2, 0.25) is 0 Å². The number of hydrogen-bond donors (Lipinski definition) is 0. The van der Waals surface area contributed by atoms with Gasteiger partial charge in [-0.1, -0.05) is 245 Å². The number of carbonyl (C=O) groups excluding carboxylic acids is 3. The van der Waals surface area contributed by atoms with E-state index in [9.17, 15) is 19.5 Å². The molecule has 0 saturated heterocycles. The van der Waals surface area contributed by atoms with Gasteiger partial charge in [0, 0.05) is 12.8 Å². The van der Waals surface area contributed by atoms with Gasteiger partial charge in [-0.2, -0.15) is 0 Å². The van der Waals surface area contributed by atoms with E-state index in [1.54, 1.807) is 0 Å². The molecule has 0 fully saturated rings. The summed E-state index contributed by atoms with van der Waals surface area (Å²) >= 11 is 0. The summed E-state index contributed by atoms with van der Waals surface area (Å²) in [6.45, 7) is 4.60. The Balaban J connectivity index is 4.29. The smallest absolute Gasteiger partial charge is 0.306 e. The van der Waals surface area contributed by atoms with Crippen molar-refractivity contribution in [1.82, 2.24) is 0 Å². The van der Waals surface area contributed by atoms with Gasteiger partial charge in [0.05, 0.1) is 40.3 Å².